The summed E-state index contributed by atoms with van der Waals surface area (Å²) in [7, 11) is 0. The van der Waals surface area contributed by atoms with Gasteiger partial charge in [-0.15, -0.1) is 0 Å². The monoisotopic (exact) mass is 681 g/mol. The summed E-state index contributed by atoms with van der Waals surface area (Å²) in [5.41, 5.74) is 12.9. The Kier molecular flexibility index (Phi) is 5.76. The first kappa shape index (κ1) is 28.8. The highest BCUT2D eigenvalue weighted by Crippen LogP contribution is 2.42. The second kappa shape index (κ2) is 10.6. The zero-order valence-corrected chi connectivity index (χ0v) is 28.9. The van der Waals surface area contributed by atoms with Gasteiger partial charge in [0.15, 0.2) is 0 Å². The van der Waals surface area contributed by atoms with E-state index in [1.54, 1.807) is 0 Å². The minimum atomic E-state index is 0.255. The standard InChI is InChI=1S/C48H31N3O2/c1-28-22-47-39(37-24-30(18-20-45(37)52-47)50-41-14-6-2-10-32(41)33-11-3-7-15-42(33)50)26-36(28)29-23-40-38-25-31(19-21-46(38)53-48(40)49-27-29)51-43-16-8-4-12-34(43)35-13-5-9-17-44(35)51/h2-21,23-28H,22H2,1H3. The molecule has 11 aromatic rings. The van der Waals surface area contributed by atoms with E-state index in [2.05, 4.69) is 162 Å². The minimum absolute atomic E-state index is 0.255. The molecule has 53 heavy (non-hydrogen) atoms. The predicted octanol–water partition coefficient (Wildman–Crippen LogP) is 12.7. The third kappa shape index (κ3) is 4.05. The van der Waals surface area contributed by atoms with E-state index >= 15 is 0 Å². The Balaban J connectivity index is 1.01. The fraction of sp³-hybridized carbons (Fsp3) is 0.0625. The maximum absolute atomic E-state index is 6.53. The summed E-state index contributed by atoms with van der Waals surface area (Å²) in [4.78, 5) is 4.89. The maximum Gasteiger partial charge on any atom is 0.227 e. The molecular weight excluding hydrogens is 651 g/mol. The summed E-state index contributed by atoms with van der Waals surface area (Å²) < 4.78 is 17.6. The van der Waals surface area contributed by atoms with Crippen molar-refractivity contribution in [3.63, 3.8) is 0 Å². The van der Waals surface area contributed by atoms with E-state index in [0.717, 1.165) is 62.0 Å². The van der Waals surface area contributed by atoms with Gasteiger partial charge in [0.1, 0.15) is 16.9 Å². The highest BCUT2D eigenvalue weighted by atomic mass is 16.3. The summed E-state index contributed by atoms with van der Waals surface area (Å²) in [6.07, 6.45) is 5.13. The zero-order valence-electron chi connectivity index (χ0n) is 28.9. The smallest absolute Gasteiger partial charge is 0.227 e. The molecule has 5 heterocycles. The molecular formula is C48H31N3O2. The molecule has 0 fully saturated rings. The average Bonchev–Trinajstić information content (AvgIpc) is 3.94. The van der Waals surface area contributed by atoms with Gasteiger partial charge in [0.25, 0.3) is 0 Å². The van der Waals surface area contributed by atoms with Gasteiger partial charge >= 0.3 is 0 Å². The molecule has 0 radical (unpaired) electrons. The van der Waals surface area contributed by atoms with Gasteiger partial charge in [-0.3, -0.25) is 0 Å². The summed E-state index contributed by atoms with van der Waals surface area (Å²) in [5.74, 6) is 1.29. The number of hydrogen-bond donors (Lipinski definition) is 0. The molecule has 1 aliphatic carbocycles. The molecule has 6 aromatic carbocycles. The lowest BCUT2D eigenvalue weighted by Crippen LogP contribution is -2.08. The predicted molar refractivity (Wildman–Crippen MR) is 217 cm³/mol. The van der Waals surface area contributed by atoms with Crippen LogP contribution in [0.15, 0.2) is 155 Å². The number of pyridine rings is 1. The van der Waals surface area contributed by atoms with Crippen LogP contribution in [0.25, 0.3) is 99.7 Å². The van der Waals surface area contributed by atoms with Crippen LogP contribution >= 0.6 is 0 Å². The number of para-hydroxylation sites is 4. The second-order valence-electron chi connectivity index (χ2n) is 14.4. The Labute approximate surface area is 303 Å². The van der Waals surface area contributed by atoms with Crippen molar-refractivity contribution in [2.75, 3.05) is 0 Å². The van der Waals surface area contributed by atoms with E-state index in [9.17, 15) is 0 Å². The Hall–Kier alpha value is -6.85. The van der Waals surface area contributed by atoms with Crippen LogP contribution in [-0.2, 0) is 6.42 Å². The molecule has 0 spiro atoms. The molecule has 0 bridgehead atoms. The molecule has 0 amide bonds. The lowest BCUT2D eigenvalue weighted by Gasteiger charge is -2.20. The fourth-order valence-electron chi connectivity index (χ4n) is 9.00. The van der Waals surface area contributed by atoms with Crippen LogP contribution in [0, 0.1) is 5.92 Å². The topological polar surface area (TPSA) is 49.0 Å². The number of rotatable bonds is 3. The average molecular weight is 682 g/mol. The first-order valence-electron chi connectivity index (χ1n) is 18.2. The number of benzene rings is 6. The minimum Gasteiger partial charge on any atom is -0.460 e. The molecule has 1 unspecified atom stereocenters. The number of nitrogens with zero attached hydrogens (tertiary/aromatic N) is 3. The van der Waals surface area contributed by atoms with E-state index < -0.39 is 0 Å². The SMILES string of the molecule is CC1Cc2oc3ccc(-n4c5ccccc5c5ccccc54)cc3c2C=C1c1cnc2oc3ccc(-n4c5ccccc5c5ccccc54)cc3c2c1. The van der Waals surface area contributed by atoms with Crippen molar-refractivity contribution in [1.29, 1.82) is 0 Å². The molecule has 5 aromatic heterocycles. The molecule has 0 saturated carbocycles. The van der Waals surface area contributed by atoms with Crippen molar-refractivity contribution in [3.05, 3.63) is 163 Å². The van der Waals surface area contributed by atoms with Gasteiger partial charge in [0.2, 0.25) is 5.71 Å². The Morgan fingerprint density at radius 1 is 0.528 bits per heavy atom. The van der Waals surface area contributed by atoms with Crippen LogP contribution in [-0.4, -0.2) is 14.1 Å². The molecule has 0 aliphatic heterocycles. The fourth-order valence-corrected chi connectivity index (χ4v) is 9.00. The number of furan rings is 2. The first-order chi connectivity index (χ1) is 26.2. The van der Waals surface area contributed by atoms with E-state index in [4.69, 9.17) is 13.8 Å². The van der Waals surface area contributed by atoms with Gasteiger partial charge in [-0.05, 0) is 89.9 Å². The lowest BCUT2D eigenvalue weighted by atomic mass is 9.84. The summed E-state index contributed by atoms with van der Waals surface area (Å²) in [6.45, 7) is 2.28. The van der Waals surface area contributed by atoms with Crippen LogP contribution in [0.2, 0.25) is 0 Å². The van der Waals surface area contributed by atoms with Crippen LogP contribution in [0.4, 0.5) is 0 Å². The van der Waals surface area contributed by atoms with Gasteiger partial charge in [-0.2, -0.15) is 0 Å². The molecule has 0 saturated heterocycles. The van der Waals surface area contributed by atoms with Gasteiger partial charge < -0.3 is 18.0 Å². The van der Waals surface area contributed by atoms with E-state index in [0.29, 0.717) is 5.71 Å². The van der Waals surface area contributed by atoms with Crippen molar-refractivity contribution >= 4 is 88.3 Å². The van der Waals surface area contributed by atoms with Gasteiger partial charge in [0, 0.05) is 67.3 Å². The van der Waals surface area contributed by atoms with Crippen molar-refractivity contribution in [2.45, 2.75) is 13.3 Å². The van der Waals surface area contributed by atoms with E-state index in [1.165, 1.54) is 49.2 Å². The van der Waals surface area contributed by atoms with Gasteiger partial charge in [-0.1, -0.05) is 79.7 Å². The third-order valence-corrected chi connectivity index (χ3v) is 11.4. The molecule has 12 rings (SSSR count). The largest absolute Gasteiger partial charge is 0.460 e. The van der Waals surface area contributed by atoms with Crippen molar-refractivity contribution in [2.24, 2.45) is 5.92 Å². The number of aromatic nitrogens is 3. The molecule has 250 valence electrons. The van der Waals surface area contributed by atoms with Crippen LogP contribution in [0.1, 0.15) is 23.8 Å². The molecule has 5 heteroatoms. The number of hydrogen-bond acceptors (Lipinski definition) is 3. The van der Waals surface area contributed by atoms with Crippen LogP contribution in [0.3, 0.4) is 0 Å². The molecule has 1 atom stereocenters. The highest BCUT2D eigenvalue weighted by Gasteiger charge is 2.26. The van der Waals surface area contributed by atoms with Crippen LogP contribution in [0.5, 0.6) is 0 Å². The quantitative estimate of drug-likeness (QED) is 0.186. The van der Waals surface area contributed by atoms with Crippen molar-refractivity contribution < 1.29 is 8.83 Å². The van der Waals surface area contributed by atoms with E-state index in [-0.39, 0.29) is 5.92 Å². The first-order valence-corrected chi connectivity index (χ1v) is 18.2. The number of allylic oxidation sites excluding steroid dienone is 1. The summed E-state index contributed by atoms with van der Waals surface area (Å²) >= 11 is 0. The van der Waals surface area contributed by atoms with Crippen LogP contribution < -0.4 is 0 Å². The highest BCUT2D eigenvalue weighted by molar-refractivity contribution is 6.12. The Bertz CT molecular complexity index is 3240. The maximum atomic E-state index is 6.53. The third-order valence-electron chi connectivity index (χ3n) is 11.4. The van der Waals surface area contributed by atoms with Gasteiger partial charge in [0.05, 0.1) is 22.1 Å². The van der Waals surface area contributed by atoms with Gasteiger partial charge in [-0.25, -0.2) is 4.98 Å². The lowest BCUT2D eigenvalue weighted by molar-refractivity contribution is 0.518. The number of fused-ring (bicyclic) bond motifs is 12. The Morgan fingerprint density at radius 2 is 1.04 bits per heavy atom. The molecule has 0 N–H and O–H groups in total. The second-order valence-corrected chi connectivity index (χ2v) is 14.4. The molecule has 1 aliphatic rings. The van der Waals surface area contributed by atoms with Crippen molar-refractivity contribution in [1.82, 2.24) is 14.1 Å². The summed E-state index contributed by atoms with van der Waals surface area (Å²) in [5, 5.41) is 8.21. The van der Waals surface area contributed by atoms with E-state index in [1.807, 2.05) is 6.20 Å². The summed E-state index contributed by atoms with van der Waals surface area (Å²) in [6, 6.07) is 49.9. The Morgan fingerprint density at radius 3 is 1.60 bits per heavy atom. The molecule has 5 nitrogen and oxygen atoms in total. The van der Waals surface area contributed by atoms with Crippen molar-refractivity contribution in [3.8, 4) is 11.4 Å². The zero-order chi connectivity index (χ0) is 34.8. The normalized spacial score (nSPS) is 14.7.